The molecule has 6 heterocycles. The van der Waals surface area contributed by atoms with Crippen LogP contribution in [0.25, 0.3) is 56.0 Å². The van der Waals surface area contributed by atoms with Gasteiger partial charge in [0.2, 0.25) is 0 Å². The standard InChI is InChI=1S/C29H25FN8O/c30-21-5-3-4-18(12-21)23-6-7-32-28-25(23)34-29(35-28)26-24-14-20(16-33-27(24)37-36-26)19-13-22(17-31-15-19)39-11-10-38-8-1-2-9-38/h3-7,12-17H,1-2,8-11H2,(H,32,34,35)(H,33,36,37). The Balaban J connectivity index is 1.20. The van der Waals surface area contributed by atoms with Crippen LogP contribution in [0, 0.1) is 5.82 Å². The number of nitrogens with zero attached hydrogens (tertiary/aromatic N) is 6. The van der Waals surface area contributed by atoms with Crippen molar-refractivity contribution < 1.29 is 9.13 Å². The van der Waals surface area contributed by atoms with Crippen molar-refractivity contribution in [1.29, 1.82) is 0 Å². The third-order valence-corrected chi connectivity index (χ3v) is 7.08. The molecule has 1 aromatic carbocycles. The molecular formula is C29H25FN8O. The monoisotopic (exact) mass is 520 g/mol. The first-order chi connectivity index (χ1) is 19.2. The fourth-order valence-electron chi connectivity index (χ4n) is 5.11. The van der Waals surface area contributed by atoms with Crippen molar-refractivity contribution in [2.24, 2.45) is 0 Å². The second-order valence-electron chi connectivity index (χ2n) is 9.65. The SMILES string of the molecule is Fc1cccc(-c2ccnc3[nH]c(-c4n[nH]c5ncc(-c6cncc(OCCN7CCCC7)c6)cc45)nc23)c1. The van der Waals surface area contributed by atoms with Crippen molar-refractivity contribution in [2.45, 2.75) is 12.8 Å². The molecule has 0 spiro atoms. The largest absolute Gasteiger partial charge is 0.491 e. The van der Waals surface area contributed by atoms with Gasteiger partial charge in [-0.3, -0.25) is 15.0 Å². The van der Waals surface area contributed by atoms with Crippen molar-refractivity contribution in [1.82, 2.24) is 40.0 Å². The Kier molecular flexibility index (Phi) is 5.93. The maximum Gasteiger partial charge on any atom is 0.161 e. The van der Waals surface area contributed by atoms with Gasteiger partial charge in [-0.25, -0.2) is 19.3 Å². The van der Waals surface area contributed by atoms with E-state index in [1.165, 1.54) is 25.0 Å². The number of halogens is 1. The Morgan fingerprint density at radius 2 is 1.82 bits per heavy atom. The fourth-order valence-corrected chi connectivity index (χ4v) is 5.11. The van der Waals surface area contributed by atoms with E-state index in [2.05, 4.69) is 35.0 Å². The molecule has 0 unspecified atom stereocenters. The van der Waals surface area contributed by atoms with Crippen LogP contribution in [0.1, 0.15) is 12.8 Å². The summed E-state index contributed by atoms with van der Waals surface area (Å²) in [7, 11) is 0. The number of aromatic amines is 2. The molecule has 1 fully saturated rings. The first-order valence-corrected chi connectivity index (χ1v) is 13.0. The molecule has 0 atom stereocenters. The summed E-state index contributed by atoms with van der Waals surface area (Å²) in [5.41, 5.74) is 5.79. The maximum absolute atomic E-state index is 13.9. The number of hydrogen-bond acceptors (Lipinski definition) is 7. The van der Waals surface area contributed by atoms with Crippen LogP contribution < -0.4 is 4.74 Å². The fraction of sp³-hybridized carbons (Fsp3) is 0.207. The number of pyridine rings is 3. The van der Waals surface area contributed by atoms with Gasteiger partial charge in [0.05, 0.1) is 11.6 Å². The number of nitrogens with one attached hydrogen (secondary N) is 2. The molecule has 194 valence electrons. The molecule has 0 aliphatic carbocycles. The number of hydrogen-bond donors (Lipinski definition) is 2. The van der Waals surface area contributed by atoms with E-state index < -0.39 is 0 Å². The third-order valence-electron chi connectivity index (χ3n) is 7.08. The Bertz CT molecular complexity index is 1790. The van der Waals surface area contributed by atoms with Gasteiger partial charge in [-0.1, -0.05) is 12.1 Å². The molecule has 0 bridgehead atoms. The molecule has 7 rings (SSSR count). The van der Waals surface area contributed by atoms with Crippen molar-refractivity contribution in [3.63, 3.8) is 0 Å². The zero-order chi connectivity index (χ0) is 26.2. The van der Waals surface area contributed by atoms with Gasteiger partial charge >= 0.3 is 0 Å². The molecule has 0 amide bonds. The average molecular weight is 521 g/mol. The molecule has 1 saturated heterocycles. The van der Waals surface area contributed by atoms with Crippen LogP contribution in [0.15, 0.2) is 67.3 Å². The lowest BCUT2D eigenvalue weighted by Gasteiger charge is -2.15. The number of H-pyrrole nitrogens is 2. The van der Waals surface area contributed by atoms with Gasteiger partial charge in [-0.05, 0) is 61.8 Å². The number of aromatic nitrogens is 7. The number of likely N-dealkylation sites (tertiary alicyclic amines) is 1. The third kappa shape index (κ3) is 4.59. The van der Waals surface area contributed by atoms with Crippen LogP contribution in [0.5, 0.6) is 5.75 Å². The van der Waals surface area contributed by atoms with Crippen LogP contribution in [-0.4, -0.2) is 66.3 Å². The normalized spacial score (nSPS) is 14.0. The maximum atomic E-state index is 13.9. The molecule has 6 aromatic rings. The summed E-state index contributed by atoms with van der Waals surface area (Å²) in [4.78, 5) is 23.9. The lowest BCUT2D eigenvalue weighted by atomic mass is 10.1. The molecule has 1 aliphatic rings. The van der Waals surface area contributed by atoms with Gasteiger partial charge in [0.1, 0.15) is 29.4 Å². The Morgan fingerprint density at radius 1 is 0.923 bits per heavy atom. The van der Waals surface area contributed by atoms with E-state index in [-0.39, 0.29) is 5.82 Å². The van der Waals surface area contributed by atoms with E-state index in [4.69, 9.17) is 9.72 Å². The zero-order valence-corrected chi connectivity index (χ0v) is 21.1. The lowest BCUT2D eigenvalue weighted by Crippen LogP contribution is -2.25. The van der Waals surface area contributed by atoms with Crippen LogP contribution in [0.4, 0.5) is 4.39 Å². The van der Waals surface area contributed by atoms with E-state index in [0.29, 0.717) is 34.9 Å². The van der Waals surface area contributed by atoms with Crippen molar-refractivity contribution in [3.8, 4) is 39.5 Å². The Morgan fingerprint density at radius 3 is 2.72 bits per heavy atom. The molecule has 0 radical (unpaired) electrons. The number of imidazole rings is 1. The van der Waals surface area contributed by atoms with Crippen molar-refractivity contribution in [3.05, 3.63) is 73.1 Å². The first-order valence-electron chi connectivity index (χ1n) is 13.0. The lowest BCUT2D eigenvalue weighted by molar-refractivity contribution is 0.237. The minimum atomic E-state index is -0.305. The minimum absolute atomic E-state index is 0.305. The second-order valence-corrected chi connectivity index (χ2v) is 9.65. The van der Waals surface area contributed by atoms with Gasteiger partial charge in [0, 0.05) is 41.8 Å². The van der Waals surface area contributed by atoms with E-state index in [0.717, 1.165) is 53.0 Å². The van der Waals surface area contributed by atoms with E-state index in [1.807, 2.05) is 24.3 Å². The predicted octanol–water partition coefficient (Wildman–Crippen LogP) is 5.24. The summed E-state index contributed by atoms with van der Waals surface area (Å²) in [6, 6.07) is 12.3. The highest BCUT2D eigenvalue weighted by atomic mass is 19.1. The molecule has 0 saturated carbocycles. The van der Waals surface area contributed by atoms with Crippen LogP contribution >= 0.6 is 0 Å². The number of rotatable bonds is 7. The number of fused-ring (bicyclic) bond motifs is 2. The highest BCUT2D eigenvalue weighted by Gasteiger charge is 2.17. The summed E-state index contributed by atoms with van der Waals surface area (Å²) >= 11 is 0. The number of ether oxygens (including phenoxy) is 1. The van der Waals surface area contributed by atoms with E-state index in [9.17, 15) is 4.39 Å². The summed E-state index contributed by atoms with van der Waals surface area (Å²) in [5.74, 6) is 0.969. The Labute approximate surface area is 223 Å². The molecule has 2 N–H and O–H groups in total. The summed E-state index contributed by atoms with van der Waals surface area (Å²) in [6.45, 7) is 3.84. The Hall–Kier alpha value is -4.70. The second kappa shape index (κ2) is 9.88. The van der Waals surface area contributed by atoms with Gasteiger partial charge in [0.25, 0.3) is 0 Å². The summed E-state index contributed by atoms with van der Waals surface area (Å²) in [6.07, 6.45) is 9.53. The van der Waals surface area contributed by atoms with Gasteiger partial charge < -0.3 is 9.72 Å². The molecule has 1 aliphatic heterocycles. The van der Waals surface area contributed by atoms with Crippen LogP contribution in [0.3, 0.4) is 0 Å². The smallest absolute Gasteiger partial charge is 0.161 e. The first kappa shape index (κ1) is 23.4. The number of benzene rings is 1. The highest BCUT2D eigenvalue weighted by molar-refractivity contribution is 5.96. The summed E-state index contributed by atoms with van der Waals surface area (Å²) < 4.78 is 19.9. The van der Waals surface area contributed by atoms with Crippen LogP contribution in [0.2, 0.25) is 0 Å². The van der Waals surface area contributed by atoms with Gasteiger partial charge in [-0.2, -0.15) is 5.10 Å². The molecule has 9 nitrogen and oxygen atoms in total. The topological polar surface area (TPSA) is 108 Å². The van der Waals surface area contributed by atoms with E-state index in [1.54, 1.807) is 30.9 Å². The van der Waals surface area contributed by atoms with Gasteiger partial charge in [0.15, 0.2) is 17.1 Å². The van der Waals surface area contributed by atoms with Crippen molar-refractivity contribution in [2.75, 3.05) is 26.2 Å². The highest BCUT2D eigenvalue weighted by Crippen LogP contribution is 2.32. The minimum Gasteiger partial charge on any atom is -0.491 e. The van der Waals surface area contributed by atoms with E-state index >= 15 is 0 Å². The summed E-state index contributed by atoms with van der Waals surface area (Å²) in [5, 5.41) is 8.29. The average Bonchev–Trinajstić information content (AvgIpc) is 3.72. The zero-order valence-electron chi connectivity index (χ0n) is 21.1. The molecule has 39 heavy (non-hydrogen) atoms. The van der Waals surface area contributed by atoms with Crippen molar-refractivity contribution >= 4 is 22.2 Å². The molecular weight excluding hydrogens is 495 g/mol. The molecule has 5 aromatic heterocycles. The molecule has 10 heteroatoms. The van der Waals surface area contributed by atoms with Crippen LogP contribution in [-0.2, 0) is 0 Å². The van der Waals surface area contributed by atoms with Gasteiger partial charge in [-0.15, -0.1) is 0 Å². The predicted molar refractivity (Wildman–Crippen MR) is 147 cm³/mol. The quantitative estimate of drug-likeness (QED) is 0.296.